The lowest BCUT2D eigenvalue weighted by Crippen LogP contribution is -1.92. The number of aromatic nitrogens is 1. The molecule has 3 aromatic rings. The summed E-state index contributed by atoms with van der Waals surface area (Å²) in [6.07, 6.45) is 0.966. The molecule has 0 bridgehead atoms. The van der Waals surface area contributed by atoms with Gasteiger partial charge in [0.2, 0.25) is 0 Å². The summed E-state index contributed by atoms with van der Waals surface area (Å²) in [5, 5.41) is 0.991. The first-order valence-corrected chi connectivity index (χ1v) is 8.03. The van der Waals surface area contributed by atoms with Crippen LogP contribution in [-0.2, 0) is 6.42 Å². The van der Waals surface area contributed by atoms with E-state index in [0.717, 1.165) is 28.2 Å². The van der Waals surface area contributed by atoms with Crippen molar-refractivity contribution in [2.24, 2.45) is 0 Å². The largest absolute Gasteiger partial charge is 0.495 e. The number of nitrogens with zero attached hydrogens (tertiary/aromatic N) is 1. The Balaban J connectivity index is 2.06. The van der Waals surface area contributed by atoms with Gasteiger partial charge in [0.1, 0.15) is 10.8 Å². The van der Waals surface area contributed by atoms with Crippen molar-refractivity contribution in [1.29, 1.82) is 0 Å². The lowest BCUT2D eigenvalue weighted by atomic mass is 10.1. The number of rotatable bonds is 4. The molecule has 4 heteroatoms. The van der Waals surface area contributed by atoms with Crippen LogP contribution in [0.2, 0.25) is 0 Å². The van der Waals surface area contributed by atoms with Crippen LogP contribution in [0.25, 0.3) is 21.8 Å². The number of nitrogen functional groups attached to an aromatic ring is 1. The Bertz CT molecular complexity index is 781. The molecular weight excluding hydrogens is 292 g/mol. The van der Waals surface area contributed by atoms with Gasteiger partial charge in [0.15, 0.2) is 0 Å². The highest BCUT2D eigenvalue weighted by molar-refractivity contribution is 7.15. The summed E-state index contributed by atoms with van der Waals surface area (Å²) in [7, 11) is 1.62. The molecule has 0 aliphatic heterocycles. The molecule has 0 saturated heterocycles. The highest BCUT2D eigenvalue weighted by atomic mass is 32.1. The molecule has 0 amide bonds. The average molecular weight is 310 g/mol. The fourth-order valence-corrected chi connectivity index (χ4v) is 3.42. The summed E-state index contributed by atoms with van der Waals surface area (Å²) < 4.78 is 5.21. The Labute approximate surface area is 134 Å². The average Bonchev–Trinajstić information content (AvgIpc) is 3.00. The maximum Gasteiger partial charge on any atom is 0.141 e. The summed E-state index contributed by atoms with van der Waals surface area (Å²) in [4.78, 5) is 6.13. The molecule has 0 atom stereocenters. The van der Waals surface area contributed by atoms with Crippen molar-refractivity contribution in [1.82, 2.24) is 4.98 Å². The summed E-state index contributed by atoms with van der Waals surface area (Å²) in [5.41, 5.74) is 9.89. The minimum atomic E-state index is 0.634. The SMILES string of the molecule is CCc1sc(-c2ccc(OC)c(N)c2)nc1-c1ccccc1. The van der Waals surface area contributed by atoms with Crippen molar-refractivity contribution in [3.8, 4) is 27.6 Å². The van der Waals surface area contributed by atoms with Crippen LogP contribution in [0.1, 0.15) is 11.8 Å². The highest BCUT2D eigenvalue weighted by Crippen LogP contribution is 2.36. The van der Waals surface area contributed by atoms with Crippen LogP contribution in [0.15, 0.2) is 48.5 Å². The number of benzene rings is 2. The van der Waals surface area contributed by atoms with Gasteiger partial charge < -0.3 is 10.5 Å². The first-order chi connectivity index (χ1) is 10.7. The lowest BCUT2D eigenvalue weighted by Gasteiger charge is -2.05. The Morgan fingerprint density at radius 2 is 1.86 bits per heavy atom. The Morgan fingerprint density at radius 3 is 2.50 bits per heavy atom. The molecule has 0 aliphatic rings. The predicted octanol–water partition coefficient (Wildman–Crippen LogP) is 4.63. The molecule has 1 aromatic heterocycles. The number of anilines is 1. The standard InChI is InChI=1S/C18H18N2OS/c1-3-16-17(12-7-5-4-6-8-12)20-18(22-16)13-9-10-15(21-2)14(19)11-13/h4-11H,3,19H2,1-2H3. The van der Waals surface area contributed by atoms with E-state index in [4.69, 9.17) is 15.5 Å². The van der Waals surface area contributed by atoms with Crippen molar-refractivity contribution in [3.63, 3.8) is 0 Å². The van der Waals surface area contributed by atoms with Gasteiger partial charge in [-0.25, -0.2) is 4.98 Å². The fraction of sp³-hybridized carbons (Fsp3) is 0.167. The van der Waals surface area contributed by atoms with E-state index in [1.165, 1.54) is 4.88 Å². The minimum Gasteiger partial charge on any atom is -0.495 e. The van der Waals surface area contributed by atoms with Gasteiger partial charge in [-0.1, -0.05) is 37.3 Å². The van der Waals surface area contributed by atoms with Gasteiger partial charge in [-0.05, 0) is 24.6 Å². The van der Waals surface area contributed by atoms with Crippen LogP contribution in [-0.4, -0.2) is 12.1 Å². The maximum absolute atomic E-state index is 6.01. The van der Waals surface area contributed by atoms with E-state index < -0.39 is 0 Å². The first kappa shape index (κ1) is 14.6. The number of hydrogen-bond acceptors (Lipinski definition) is 4. The highest BCUT2D eigenvalue weighted by Gasteiger charge is 2.13. The van der Waals surface area contributed by atoms with E-state index in [9.17, 15) is 0 Å². The monoisotopic (exact) mass is 310 g/mol. The number of ether oxygens (including phenoxy) is 1. The quantitative estimate of drug-likeness (QED) is 0.715. The van der Waals surface area contributed by atoms with Crippen LogP contribution in [0, 0.1) is 0 Å². The van der Waals surface area contributed by atoms with Gasteiger partial charge in [0.05, 0.1) is 18.5 Å². The number of nitrogens with two attached hydrogens (primary N) is 1. The molecule has 3 nitrogen and oxygen atoms in total. The summed E-state index contributed by atoms with van der Waals surface area (Å²) in [6.45, 7) is 2.16. The molecule has 0 saturated carbocycles. The van der Waals surface area contributed by atoms with Gasteiger partial charge in [-0.3, -0.25) is 0 Å². The van der Waals surface area contributed by atoms with Crippen LogP contribution in [0.5, 0.6) is 5.75 Å². The number of aryl methyl sites for hydroxylation is 1. The molecular formula is C18H18N2OS. The molecule has 0 radical (unpaired) electrons. The molecule has 2 N–H and O–H groups in total. The second-order valence-electron chi connectivity index (χ2n) is 4.97. The van der Waals surface area contributed by atoms with E-state index in [1.807, 2.05) is 36.4 Å². The molecule has 22 heavy (non-hydrogen) atoms. The molecule has 3 rings (SSSR count). The van der Waals surface area contributed by atoms with E-state index >= 15 is 0 Å². The second kappa shape index (κ2) is 6.20. The fourth-order valence-electron chi connectivity index (χ4n) is 2.40. The molecule has 0 unspecified atom stereocenters. The van der Waals surface area contributed by atoms with Gasteiger partial charge in [0.25, 0.3) is 0 Å². The second-order valence-corrected chi connectivity index (χ2v) is 6.05. The minimum absolute atomic E-state index is 0.634. The zero-order valence-corrected chi connectivity index (χ0v) is 13.5. The number of methoxy groups -OCH3 is 1. The Hall–Kier alpha value is -2.33. The van der Waals surface area contributed by atoms with Gasteiger partial charge in [-0.15, -0.1) is 11.3 Å². The summed E-state index contributed by atoms with van der Waals surface area (Å²) in [6, 6.07) is 16.1. The smallest absolute Gasteiger partial charge is 0.141 e. The normalized spacial score (nSPS) is 10.6. The molecule has 0 fully saturated rings. The van der Waals surface area contributed by atoms with Crippen molar-refractivity contribution in [2.45, 2.75) is 13.3 Å². The van der Waals surface area contributed by atoms with Crippen molar-refractivity contribution in [3.05, 3.63) is 53.4 Å². The van der Waals surface area contributed by atoms with Gasteiger partial charge in [-0.2, -0.15) is 0 Å². The molecule has 1 heterocycles. The Kier molecular flexibility index (Phi) is 4.11. The van der Waals surface area contributed by atoms with Crippen LogP contribution >= 0.6 is 11.3 Å². The van der Waals surface area contributed by atoms with Gasteiger partial charge >= 0.3 is 0 Å². The zero-order chi connectivity index (χ0) is 15.5. The van der Waals surface area contributed by atoms with Crippen LogP contribution in [0.4, 0.5) is 5.69 Å². The third-order valence-electron chi connectivity index (χ3n) is 3.54. The van der Waals surface area contributed by atoms with E-state index in [-0.39, 0.29) is 0 Å². The van der Waals surface area contributed by atoms with Crippen LogP contribution < -0.4 is 10.5 Å². The summed E-state index contributed by atoms with van der Waals surface area (Å²) >= 11 is 1.72. The predicted molar refractivity (Wildman–Crippen MR) is 93.3 cm³/mol. The van der Waals surface area contributed by atoms with E-state index in [1.54, 1.807) is 18.4 Å². The number of thiazole rings is 1. The van der Waals surface area contributed by atoms with Gasteiger partial charge in [0, 0.05) is 16.0 Å². The Morgan fingerprint density at radius 1 is 1.09 bits per heavy atom. The van der Waals surface area contributed by atoms with Crippen molar-refractivity contribution in [2.75, 3.05) is 12.8 Å². The van der Waals surface area contributed by atoms with Crippen molar-refractivity contribution >= 4 is 17.0 Å². The lowest BCUT2D eigenvalue weighted by molar-refractivity contribution is 0.417. The van der Waals surface area contributed by atoms with E-state index in [2.05, 4.69) is 19.1 Å². The molecule has 0 aliphatic carbocycles. The molecule has 112 valence electrons. The third-order valence-corrected chi connectivity index (χ3v) is 4.79. The first-order valence-electron chi connectivity index (χ1n) is 7.22. The topological polar surface area (TPSA) is 48.1 Å². The zero-order valence-electron chi connectivity index (χ0n) is 12.7. The third kappa shape index (κ3) is 2.70. The maximum atomic E-state index is 6.01. The van der Waals surface area contributed by atoms with E-state index in [0.29, 0.717) is 11.4 Å². The number of hydrogen-bond donors (Lipinski definition) is 1. The van der Waals surface area contributed by atoms with Crippen LogP contribution in [0.3, 0.4) is 0 Å². The summed E-state index contributed by atoms with van der Waals surface area (Å²) in [5.74, 6) is 0.694. The molecule has 0 spiro atoms. The van der Waals surface area contributed by atoms with Crippen molar-refractivity contribution < 1.29 is 4.74 Å². The molecule has 2 aromatic carbocycles.